The third kappa shape index (κ3) is 8.33. The summed E-state index contributed by atoms with van der Waals surface area (Å²) in [5.41, 5.74) is 7.73. The highest BCUT2D eigenvalue weighted by Gasteiger charge is 2.44. The molecule has 6 heteroatoms. The van der Waals surface area contributed by atoms with Crippen molar-refractivity contribution in [1.29, 1.82) is 0 Å². The third-order valence-electron chi connectivity index (χ3n) is 9.04. The van der Waals surface area contributed by atoms with Gasteiger partial charge in [0.2, 0.25) is 11.6 Å². The van der Waals surface area contributed by atoms with E-state index in [1.165, 1.54) is 33.9 Å². The summed E-state index contributed by atoms with van der Waals surface area (Å²) in [6, 6.07) is 17.6. The first-order valence-electron chi connectivity index (χ1n) is 16.9. The number of carbonyl (C=O) groups is 1. The van der Waals surface area contributed by atoms with Crippen LogP contribution >= 0.6 is 0 Å². The molecule has 1 N–H and O–H groups in total. The van der Waals surface area contributed by atoms with E-state index in [2.05, 4.69) is 116 Å². The van der Waals surface area contributed by atoms with Crippen LogP contribution in [0.15, 0.2) is 72.5 Å². The third-order valence-corrected chi connectivity index (χ3v) is 9.04. The smallest absolute Gasteiger partial charge is 0.220 e. The Morgan fingerprint density at radius 2 is 1.62 bits per heavy atom. The minimum atomic E-state index is -0.156. The summed E-state index contributed by atoms with van der Waals surface area (Å²) in [6.45, 7) is 21.7. The monoisotopic (exact) mass is 614 g/mol. The molecule has 0 spiro atoms. The summed E-state index contributed by atoms with van der Waals surface area (Å²) in [6.07, 6.45) is 10.4. The predicted molar refractivity (Wildman–Crippen MR) is 187 cm³/mol. The SMILES string of the molecule is CCN1C(=CC=CC2=[N+](CCCCCC(=O)NCCOCCOC(C)(C)C)c3ccccc3C2(C)C)C(C)(C)c2ccccc21. The number of ether oxygens (including phenoxy) is 2. The van der Waals surface area contributed by atoms with Gasteiger partial charge in [-0.25, -0.2) is 0 Å². The summed E-state index contributed by atoms with van der Waals surface area (Å²) < 4.78 is 13.7. The van der Waals surface area contributed by atoms with E-state index in [4.69, 9.17) is 9.47 Å². The first-order valence-corrected chi connectivity index (χ1v) is 16.9. The molecule has 2 aromatic rings. The molecule has 2 aromatic carbocycles. The molecule has 244 valence electrons. The Labute approximate surface area is 272 Å². The molecule has 0 aliphatic carbocycles. The number of allylic oxidation sites excluding steroid dienone is 4. The van der Waals surface area contributed by atoms with E-state index in [-0.39, 0.29) is 22.3 Å². The van der Waals surface area contributed by atoms with Gasteiger partial charge in [-0.15, -0.1) is 0 Å². The molecular weight excluding hydrogens is 558 g/mol. The number of anilines is 1. The number of carbonyl (C=O) groups excluding carboxylic acids is 1. The predicted octanol–water partition coefficient (Wildman–Crippen LogP) is 7.83. The van der Waals surface area contributed by atoms with Crippen molar-refractivity contribution in [3.63, 3.8) is 0 Å². The van der Waals surface area contributed by atoms with Crippen LogP contribution in [-0.2, 0) is 25.1 Å². The Balaban J connectivity index is 1.34. The number of nitrogens with zero attached hydrogens (tertiary/aromatic N) is 2. The zero-order chi connectivity index (χ0) is 32.7. The quantitative estimate of drug-likeness (QED) is 0.164. The summed E-state index contributed by atoms with van der Waals surface area (Å²) in [5.74, 6) is 0.0959. The van der Waals surface area contributed by atoms with Crippen molar-refractivity contribution in [1.82, 2.24) is 5.32 Å². The lowest BCUT2D eigenvalue weighted by Gasteiger charge is -2.25. The molecule has 2 aliphatic heterocycles. The largest absolute Gasteiger partial charge is 0.377 e. The molecular formula is C39H56N3O3+. The lowest BCUT2D eigenvalue weighted by atomic mass is 9.81. The van der Waals surface area contributed by atoms with Crippen molar-refractivity contribution in [2.75, 3.05) is 44.4 Å². The fourth-order valence-corrected chi connectivity index (χ4v) is 6.69. The second-order valence-corrected chi connectivity index (χ2v) is 14.2. The fraction of sp³-hybridized carbons (Fsp3) is 0.538. The van der Waals surface area contributed by atoms with Gasteiger partial charge in [0.05, 0.1) is 30.8 Å². The first-order chi connectivity index (χ1) is 21.4. The van der Waals surface area contributed by atoms with E-state index in [1.54, 1.807) is 0 Å². The maximum Gasteiger partial charge on any atom is 0.220 e. The molecule has 2 aliphatic rings. The average molecular weight is 615 g/mol. The van der Waals surface area contributed by atoms with E-state index >= 15 is 0 Å². The fourth-order valence-electron chi connectivity index (χ4n) is 6.69. The number of likely N-dealkylation sites (N-methyl/N-ethyl adjacent to an activating group) is 1. The van der Waals surface area contributed by atoms with Crippen LogP contribution < -0.4 is 10.2 Å². The average Bonchev–Trinajstić information content (AvgIpc) is 3.34. The molecule has 0 radical (unpaired) electrons. The maximum absolute atomic E-state index is 12.3. The van der Waals surface area contributed by atoms with Gasteiger partial charge in [0.1, 0.15) is 6.54 Å². The normalized spacial score (nSPS) is 17.8. The Kier molecular flexibility index (Phi) is 11.5. The Morgan fingerprint density at radius 1 is 0.911 bits per heavy atom. The second kappa shape index (κ2) is 14.9. The Hall–Kier alpha value is -3.22. The number of hydrogen-bond acceptors (Lipinski definition) is 4. The minimum Gasteiger partial charge on any atom is -0.377 e. The van der Waals surface area contributed by atoms with Gasteiger partial charge in [-0.3, -0.25) is 4.79 Å². The van der Waals surface area contributed by atoms with Gasteiger partial charge < -0.3 is 19.7 Å². The van der Waals surface area contributed by atoms with Crippen molar-refractivity contribution < 1.29 is 18.8 Å². The molecule has 6 nitrogen and oxygen atoms in total. The molecule has 0 unspecified atom stereocenters. The van der Waals surface area contributed by atoms with Gasteiger partial charge in [0.25, 0.3) is 0 Å². The molecule has 0 aromatic heterocycles. The number of para-hydroxylation sites is 2. The number of benzene rings is 2. The molecule has 45 heavy (non-hydrogen) atoms. The van der Waals surface area contributed by atoms with Crippen molar-refractivity contribution >= 4 is 23.0 Å². The molecule has 2 heterocycles. The van der Waals surface area contributed by atoms with Crippen LogP contribution in [0.1, 0.15) is 92.2 Å². The van der Waals surface area contributed by atoms with Gasteiger partial charge >= 0.3 is 0 Å². The molecule has 1 amide bonds. The zero-order valence-corrected chi connectivity index (χ0v) is 29.0. The number of rotatable bonds is 15. The molecule has 0 bridgehead atoms. The van der Waals surface area contributed by atoms with Crippen LogP contribution in [0.25, 0.3) is 0 Å². The highest BCUT2D eigenvalue weighted by atomic mass is 16.5. The summed E-state index contributed by atoms with van der Waals surface area (Å²) in [7, 11) is 0. The summed E-state index contributed by atoms with van der Waals surface area (Å²) in [5, 5.41) is 2.98. The molecule has 0 saturated carbocycles. The minimum absolute atomic E-state index is 0.0458. The summed E-state index contributed by atoms with van der Waals surface area (Å²) in [4.78, 5) is 14.8. The first kappa shape index (κ1) is 34.6. The Morgan fingerprint density at radius 3 is 2.36 bits per heavy atom. The van der Waals surface area contributed by atoms with Crippen molar-refractivity contribution in [3.8, 4) is 0 Å². The van der Waals surface area contributed by atoms with Gasteiger partial charge in [0.15, 0.2) is 5.71 Å². The Bertz CT molecular complexity index is 1410. The number of amides is 1. The van der Waals surface area contributed by atoms with Crippen LogP contribution in [0.4, 0.5) is 11.4 Å². The topological polar surface area (TPSA) is 53.8 Å². The van der Waals surface area contributed by atoms with Crippen LogP contribution in [0, 0.1) is 0 Å². The van der Waals surface area contributed by atoms with E-state index in [0.29, 0.717) is 32.8 Å². The molecule has 0 atom stereocenters. The van der Waals surface area contributed by atoms with Gasteiger partial charge in [-0.2, -0.15) is 4.58 Å². The number of nitrogens with one attached hydrogen (secondary N) is 1. The summed E-state index contributed by atoms with van der Waals surface area (Å²) >= 11 is 0. The van der Waals surface area contributed by atoms with Crippen LogP contribution in [0.5, 0.6) is 0 Å². The zero-order valence-electron chi connectivity index (χ0n) is 29.0. The van der Waals surface area contributed by atoms with E-state index in [0.717, 1.165) is 32.4 Å². The standard InChI is InChI=1S/C39H55N3O3/c1-9-41-32-20-14-12-18-30(32)38(5,6)34(41)22-17-23-35-39(7,8)31-19-13-15-21-33(31)42(35)26-16-10-11-24-36(43)40-25-27-44-28-29-45-37(2,3)4/h12-15,17-23H,9-11,16,24-29H2,1-8H3/p+1. The molecule has 0 saturated heterocycles. The van der Waals surface area contributed by atoms with Crippen molar-refractivity contribution in [2.45, 2.75) is 97.5 Å². The lowest BCUT2D eigenvalue weighted by molar-refractivity contribution is -0.438. The highest BCUT2D eigenvalue weighted by Crippen LogP contribution is 2.47. The second-order valence-electron chi connectivity index (χ2n) is 14.2. The van der Waals surface area contributed by atoms with E-state index in [9.17, 15) is 4.79 Å². The maximum atomic E-state index is 12.3. The number of unbranched alkanes of at least 4 members (excludes halogenated alkanes) is 2. The molecule has 4 rings (SSSR count). The van der Waals surface area contributed by atoms with Gasteiger partial charge in [-0.1, -0.05) is 56.3 Å². The van der Waals surface area contributed by atoms with Crippen LogP contribution in [-0.4, -0.2) is 61.3 Å². The van der Waals surface area contributed by atoms with E-state index in [1.807, 2.05) is 20.8 Å². The van der Waals surface area contributed by atoms with Gasteiger partial charge in [0, 0.05) is 60.4 Å². The van der Waals surface area contributed by atoms with Crippen LogP contribution in [0.2, 0.25) is 0 Å². The highest BCUT2D eigenvalue weighted by molar-refractivity contribution is 6.03. The number of hydrogen-bond donors (Lipinski definition) is 1. The van der Waals surface area contributed by atoms with E-state index < -0.39 is 0 Å². The lowest BCUT2D eigenvalue weighted by Crippen LogP contribution is -2.28. The van der Waals surface area contributed by atoms with Crippen LogP contribution in [0.3, 0.4) is 0 Å². The number of fused-ring (bicyclic) bond motifs is 2. The molecule has 0 fully saturated rings. The van der Waals surface area contributed by atoms with Gasteiger partial charge in [-0.05, 0) is 72.1 Å². The van der Waals surface area contributed by atoms with Crippen molar-refractivity contribution in [3.05, 3.63) is 83.6 Å². The van der Waals surface area contributed by atoms with Crippen molar-refractivity contribution in [2.24, 2.45) is 0 Å².